The molecule has 0 aliphatic carbocycles. The highest BCUT2D eigenvalue weighted by atomic mass is 32.2. The summed E-state index contributed by atoms with van der Waals surface area (Å²) < 4.78 is 39.1. The second kappa shape index (κ2) is 7.03. The molecular formula is C15H16F3N3O3S. The lowest BCUT2D eigenvalue weighted by Crippen LogP contribution is -2.28. The summed E-state index contributed by atoms with van der Waals surface area (Å²) in [5.41, 5.74) is -2.59. The molecule has 10 heteroatoms. The van der Waals surface area contributed by atoms with Crippen molar-refractivity contribution in [2.45, 2.75) is 32.0 Å². The van der Waals surface area contributed by atoms with E-state index in [1.54, 1.807) is 6.92 Å². The van der Waals surface area contributed by atoms with Crippen molar-refractivity contribution in [1.82, 2.24) is 4.98 Å². The average molecular weight is 375 g/mol. The number of nitro groups is 1. The van der Waals surface area contributed by atoms with Crippen LogP contribution in [0.1, 0.15) is 25.1 Å². The number of rotatable bonds is 7. The smallest absolute Gasteiger partial charge is 0.358 e. The van der Waals surface area contributed by atoms with Gasteiger partial charge < -0.3 is 4.98 Å². The summed E-state index contributed by atoms with van der Waals surface area (Å²) in [5, 5.41) is 14.4. The summed E-state index contributed by atoms with van der Waals surface area (Å²) in [6.45, 7) is 3.61. The van der Waals surface area contributed by atoms with E-state index in [2.05, 4.69) is 10.2 Å². The predicted molar refractivity (Wildman–Crippen MR) is 90.9 cm³/mol. The van der Waals surface area contributed by atoms with Crippen molar-refractivity contribution in [1.29, 1.82) is 0 Å². The first-order chi connectivity index (χ1) is 11.6. The molecular weight excluding hydrogens is 359 g/mol. The first-order valence-corrected chi connectivity index (χ1v) is 8.54. The van der Waals surface area contributed by atoms with E-state index < -0.39 is 27.9 Å². The molecule has 0 radical (unpaired) electrons. The lowest BCUT2D eigenvalue weighted by atomic mass is 9.99. The monoisotopic (exact) mass is 375 g/mol. The summed E-state index contributed by atoms with van der Waals surface area (Å²) in [4.78, 5) is 23.9. The molecule has 0 aliphatic rings. The molecule has 0 fully saturated rings. The van der Waals surface area contributed by atoms with Crippen molar-refractivity contribution in [3.63, 3.8) is 0 Å². The summed E-state index contributed by atoms with van der Waals surface area (Å²) in [6, 6.07) is 3.14. The van der Waals surface area contributed by atoms with E-state index in [4.69, 9.17) is 0 Å². The average Bonchev–Trinajstić information content (AvgIpc) is 2.91. The molecule has 1 N–H and O–H groups in total. The van der Waals surface area contributed by atoms with Crippen molar-refractivity contribution < 1.29 is 18.1 Å². The third kappa shape index (κ3) is 4.30. The van der Waals surface area contributed by atoms with Gasteiger partial charge in [-0.3, -0.25) is 10.1 Å². The number of nitroso groups, excluding NO2 is 1. The third-order valence-electron chi connectivity index (χ3n) is 3.70. The molecule has 0 bridgehead atoms. The van der Waals surface area contributed by atoms with Gasteiger partial charge in [0.2, 0.25) is 0 Å². The number of aromatic amines is 1. The zero-order chi connectivity index (χ0) is 18.8. The number of thioether (sulfide) groups is 1. The van der Waals surface area contributed by atoms with Crippen molar-refractivity contribution in [3.05, 3.63) is 44.5 Å². The van der Waals surface area contributed by atoms with E-state index in [0.717, 1.165) is 17.9 Å². The normalized spacial score (nSPS) is 14.4. The summed E-state index contributed by atoms with van der Waals surface area (Å²) in [6.07, 6.45) is -4.63. The van der Waals surface area contributed by atoms with Crippen LogP contribution in [0.15, 0.2) is 23.4 Å². The molecule has 2 rings (SSSR count). The standard InChI is InChI=1S/C15H16F3N3O3S/c1-3-25-8-14(2,20-22)7-10-4-9-5-13(21(23)24)11(15(16,17)18)6-12(9)19-10/h4-6,19H,3,7-8H2,1-2H3. The molecule has 0 aliphatic heterocycles. The SMILES string of the molecule is CCSCC(C)(Cc1cc2cc([N+](=O)[O-])c(C(F)(F)F)cc2[nH]1)N=O. The van der Waals surface area contributed by atoms with E-state index in [1.807, 2.05) is 6.92 Å². The maximum Gasteiger partial charge on any atom is 0.423 e. The zero-order valence-electron chi connectivity index (χ0n) is 13.5. The molecule has 25 heavy (non-hydrogen) atoms. The molecule has 0 saturated heterocycles. The van der Waals surface area contributed by atoms with Gasteiger partial charge in [0.25, 0.3) is 5.69 Å². The minimum atomic E-state index is -4.83. The maximum absolute atomic E-state index is 13.0. The predicted octanol–water partition coefficient (Wildman–Crippen LogP) is 4.92. The Kier molecular flexibility index (Phi) is 5.40. The van der Waals surface area contributed by atoms with Crippen LogP contribution in [0.4, 0.5) is 18.9 Å². The van der Waals surface area contributed by atoms with Crippen molar-refractivity contribution >= 4 is 28.4 Å². The molecule has 0 spiro atoms. The van der Waals surface area contributed by atoms with Gasteiger partial charge in [-0.1, -0.05) is 12.1 Å². The lowest BCUT2D eigenvalue weighted by molar-refractivity contribution is -0.387. The van der Waals surface area contributed by atoms with Gasteiger partial charge in [0.1, 0.15) is 11.1 Å². The minimum absolute atomic E-state index is 0.129. The topological polar surface area (TPSA) is 88.4 Å². The number of hydrogen-bond donors (Lipinski definition) is 1. The van der Waals surface area contributed by atoms with Crippen LogP contribution in [0.3, 0.4) is 0 Å². The number of nitrogens with one attached hydrogen (secondary N) is 1. The number of benzene rings is 1. The first kappa shape index (κ1) is 19.2. The van der Waals surface area contributed by atoms with Gasteiger partial charge in [-0.05, 0) is 24.8 Å². The largest absolute Gasteiger partial charge is 0.423 e. The summed E-state index contributed by atoms with van der Waals surface area (Å²) >= 11 is 1.53. The van der Waals surface area contributed by atoms with Crippen molar-refractivity contribution in [2.24, 2.45) is 5.18 Å². The van der Waals surface area contributed by atoms with Gasteiger partial charge in [0.15, 0.2) is 0 Å². The van der Waals surface area contributed by atoms with E-state index in [-0.39, 0.29) is 17.3 Å². The van der Waals surface area contributed by atoms with Gasteiger partial charge >= 0.3 is 6.18 Å². The Morgan fingerprint density at radius 2 is 2.00 bits per heavy atom. The number of hydrogen-bond acceptors (Lipinski definition) is 5. The number of nitrogens with zero attached hydrogens (tertiary/aromatic N) is 2. The van der Waals surface area contributed by atoms with Crippen LogP contribution in [0.5, 0.6) is 0 Å². The second-order valence-electron chi connectivity index (χ2n) is 5.91. The fourth-order valence-corrected chi connectivity index (χ4v) is 3.34. The molecule has 2 aromatic rings. The Bertz CT molecular complexity index is 806. The molecule has 0 amide bonds. The molecule has 1 heterocycles. The van der Waals surface area contributed by atoms with Gasteiger partial charge in [-0.2, -0.15) is 29.8 Å². The number of H-pyrrole nitrogens is 1. The summed E-state index contributed by atoms with van der Waals surface area (Å²) in [7, 11) is 0. The molecule has 1 unspecified atom stereocenters. The fraction of sp³-hybridized carbons (Fsp3) is 0.467. The number of fused-ring (bicyclic) bond motifs is 1. The highest BCUT2D eigenvalue weighted by molar-refractivity contribution is 7.99. The van der Waals surface area contributed by atoms with Crippen LogP contribution in [0.25, 0.3) is 10.9 Å². The Hall–Kier alpha value is -2.10. The second-order valence-corrected chi connectivity index (χ2v) is 7.18. The molecule has 136 valence electrons. The van der Waals surface area contributed by atoms with Crippen LogP contribution in [-0.2, 0) is 12.6 Å². The highest BCUT2D eigenvalue weighted by Crippen LogP contribution is 2.38. The van der Waals surface area contributed by atoms with Crippen LogP contribution in [0.2, 0.25) is 0 Å². The third-order valence-corrected chi connectivity index (χ3v) is 4.94. The van der Waals surface area contributed by atoms with Crippen molar-refractivity contribution in [3.8, 4) is 0 Å². The fourth-order valence-electron chi connectivity index (χ4n) is 2.54. The highest BCUT2D eigenvalue weighted by Gasteiger charge is 2.39. The Morgan fingerprint density at radius 3 is 2.52 bits per heavy atom. The quantitative estimate of drug-likeness (QED) is 0.423. The van der Waals surface area contributed by atoms with E-state index in [1.165, 1.54) is 17.8 Å². The van der Waals surface area contributed by atoms with Gasteiger partial charge in [-0.15, -0.1) is 0 Å². The van der Waals surface area contributed by atoms with Gasteiger partial charge in [0.05, 0.1) is 4.92 Å². The molecule has 1 atom stereocenters. The molecule has 6 nitrogen and oxygen atoms in total. The Morgan fingerprint density at radius 1 is 1.32 bits per heavy atom. The molecule has 1 aromatic carbocycles. The van der Waals surface area contributed by atoms with Crippen molar-refractivity contribution in [2.75, 3.05) is 11.5 Å². The molecule has 1 aromatic heterocycles. The van der Waals surface area contributed by atoms with E-state index in [0.29, 0.717) is 11.4 Å². The molecule has 0 saturated carbocycles. The zero-order valence-corrected chi connectivity index (χ0v) is 14.3. The number of halogens is 3. The van der Waals surface area contributed by atoms with Crippen LogP contribution in [0, 0.1) is 15.0 Å². The number of aromatic nitrogens is 1. The first-order valence-electron chi connectivity index (χ1n) is 7.39. The Balaban J connectivity index is 2.46. The van der Waals surface area contributed by atoms with Gasteiger partial charge in [-0.25, -0.2) is 0 Å². The van der Waals surface area contributed by atoms with Crippen LogP contribution < -0.4 is 0 Å². The van der Waals surface area contributed by atoms with Crippen LogP contribution in [-0.4, -0.2) is 27.0 Å². The maximum atomic E-state index is 13.0. The lowest BCUT2D eigenvalue weighted by Gasteiger charge is -2.19. The van der Waals surface area contributed by atoms with E-state index in [9.17, 15) is 28.2 Å². The van der Waals surface area contributed by atoms with E-state index >= 15 is 0 Å². The number of alkyl halides is 3. The Labute approximate surface area is 145 Å². The number of nitro benzene ring substituents is 1. The van der Waals surface area contributed by atoms with Gasteiger partial charge in [0, 0.05) is 34.8 Å². The van der Waals surface area contributed by atoms with Crippen LogP contribution >= 0.6 is 11.8 Å². The summed E-state index contributed by atoms with van der Waals surface area (Å²) in [5.74, 6) is 1.27. The minimum Gasteiger partial charge on any atom is -0.358 e.